The van der Waals surface area contributed by atoms with Crippen LogP contribution in [-0.2, 0) is 0 Å². The van der Waals surface area contributed by atoms with Gasteiger partial charge in [-0.25, -0.2) is 0 Å². The second-order valence-electron chi connectivity index (χ2n) is 3.08. The maximum absolute atomic E-state index is 9.27. The summed E-state index contributed by atoms with van der Waals surface area (Å²) < 4.78 is 0. The standard InChI is InChI=1S/C9H14N2O2/c1-5(12)9(11)6-2-3-7(10)8(13)4-6/h2-5,9,12-13H,10-11H2,1H3. The van der Waals surface area contributed by atoms with Gasteiger partial charge in [-0.1, -0.05) is 6.07 Å². The van der Waals surface area contributed by atoms with Gasteiger partial charge in [0, 0.05) is 0 Å². The van der Waals surface area contributed by atoms with Crippen LogP contribution < -0.4 is 11.5 Å². The summed E-state index contributed by atoms with van der Waals surface area (Å²) >= 11 is 0. The minimum Gasteiger partial charge on any atom is -0.506 e. The number of aliphatic hydroxyl groups is 1. The highest BCUT2D eigenvalue weighted by Crippen LogP contribution is 2.24. The van der Waals surface area contributed by atoms with E-state index in [4.69, 9.17) is 11.5 Å². The lowest BCUT2D eigenvalue weighted by atomic mass is 10.0. The van der Waals surface area contributed by atoms with Crippen LogP contribution in [0.15, 0.2) is 18.2 Å². The molecule has 1 aromatic rings. The number of aliphatic hydroxyl groups excluding tert-OH is 1. The average Bonchev–Trinajstić information content (AvgIpc) is 2.08. The quantitative estimate of drug-likeness (QED) is 0.392. The third-order valence-corrected chi connectivity index (χ3v) is 1.96. The first kappa shape index (κ1) is 9.83. The minimum atomic E-state index is -0.650. The van der Waals surface area contributed by atoms with Crippen LogP contribution in [0.4, 0.5) is 5.69 Å². The Morgan fingerprint density at radius 2 is 2.00 bits per heavy atom. The Morgan fingerprint density at radius 3 is 2.46 bits per heavy atom. The first-order chi connectivity index (χ1) is 6.02. The molecule has 1 rings (SSSR count). The van der Waals surface area contributed by atoms with E-state index < -0.39 is 12.1 Å². The van der Waals surface area contributed by atoms with Crippen molar-refractivity contribution in [3.63, 3.8) is 0 Å². The van der Waals surface area contributed by atoms with Crippen molar-refractivity contribution in [2.75, 3.05) is 5.73 Å². The number of benzene rings is 1. The van der Waals surface area contributed by atoms with Crippen molar-refractivity contribution in [1.82, 2.24) is 0 Å². The molecule has 0 heterocycles. The molecular formula is C9H14N2O2. The number of hydrogen-bond donors (Lipinski definition) is 4. The SMILES string of the molecule is CC(O)C(N)c1ccc(N)c(O)c1. The van der Waals surface area contributed by atoms with Gasteiger partial charge in [-0.05, 0) is 24.6 Å². The first-order valence-corrected chi connectivity index (χ1v) is 4.04. The molecule has 0 aliphatic carbocycles. The van der Waals surface area contributed by atoms with Gasteiger partial charge in [-0.3, -0.25) is 0 Å². The minimum absolute atomic E-state index is 0.00593. The van der Waals surface area contributed by atoms with E-state index in [1.54, 1.807) is 19.1 Å². The van der Waals surface area contributed by atoms with E-state index in [1.807, 2.05) is 0 Å². The molecule has 4 heteroatoms. The maximum atomic E-state index is 9.27. The van der Waals surface area contributed by atoms with Crippen molar-refractivity contribution in [3.05, 3.63) is 23.8 Å². The van der Waals surface area contributed by atoms with Gasteiger partial charge >= 0.3 is 0 Å². The molecule has 0 saturated carbocycles. The summed E-state index contributed by atoms with van der Waals surface area (Å²) in [5.41, 5.74) is 12.0. The third-order valence-electron chi connectivity index (χ3n) is 1.96. The number of phenolic OH excluding ortho intramolecular Hbond substituents is 1. The smallest absolute Gasteiger partial charge is 0.138 e. The molecule has 0 aromatic heterocycles. The summed E-state index contributed by atoms with van der Waals surface area (Å²) in [6.45, 7) is 1.60. The second kappa shape index (κ2) is 3.64. The summed E-state index contributed by atoms with van der Waals surface area (Å²) in [4.78, 5) is 0. The van der Waals surface area contributed by atoms with Crippen molar-refractivity contribution in [2.45, 2.75) is 19.1 Å². The van der Waals surface area contributed by atoms with Crippen LogP contribution in [0.25, 0.3) is 0 Å². The van der Waals surface area contributed by atoms with Crippen molar-refractivity contribution >= 4 is 5.69 Å². The monoisotopic (exact) mass is 182 g/mol. The second-order valence-corrected chi connectivity index (χ2v) is 3.08. The zero-order valence-electron chi connectivity index (χ0n) is 7.44. The average molecular weight is 182 g/mol. The predicted octanol–water partition coefficient (Wildman–Crippen LogP) is 0.355. The molecule has 6 N–H and O–H groups in total. The first-order valence-electron chi connectivity index (χ1n) is 4.04. The number of nitrogen functional groups attached to an aromatic ring is 1. The van der Waals surface area contributed by atoms with E-state index in [2.05, 4.69) is 0 Å². The van der Waals surface area contributed by atoms with E-state index in [1.165, 1.54) is 6.07 Å². The Hall–Kier alpha value is -1.26. The van der Waals surface area contributed by atoms with Crippen molar-refractivity contribution in [3.8, 4) is 5.75 Å². The highest BCUT2D eigenvalue weighted by atomic mass is 16.3. The Labute approximate surface area is 76.8 Å². The summed E-state index contributed by atoms with van der Waals surface area (Å²) in [5.74, 6) is -0.00593. The van der Waals surface area contributed by atoms with Crippen LogP contribution in [0.5, 0.6) is 5.75 Å². The zero-order chi connectivity index (χ0) is 10.0. The third kappa shape index (κ3) is 2.11. The molecule has 13 heavy (non-hydrogen) atoms. The van der Waals surface area contributed by atoms with Crippen LogP contribution in [0.2, 0.25) is 0 Å². The maximum Gasteiger partial charge on any atom is 0.138 e. The molecule has 2 unspecified atom stereocenters. The largest absolute Gasteiger partial charge is 0.506 e. The fraction of sp³-hybridized carbons (Fsp3) is 0.333. The molecular weight excluding hydrogens is 168 g/mol. The molecule has 0 aliphatic heterocycles. The number of hydrogen-bond acceptors (Lipinski definition) is 4. The van der Waals surface area contributed by atoms with Gasteiger partial charge in [0.2, 0.25) is 0 Å². The van der Waals surface area contributed by atoms with Crippen molar-refractivity contribution in [1.29, 1.82) is 0 Å². The molecule has 0 fully saturated rings. The highest BCUT2D eigenvalue weighted by molar-refractivity contribution is 5.53. The number of nitrogens with two attached hydrogens (primary N) is 2. The van der Waals surface area contributed by atoms with Gasteiger partial charge in [0.1, 0.15) is 5.75 Å². The summed E-state index contributed by atoms with van der Waals surface area (Å²) in [5, 5.41) is 18.5. The molecule has 0 amide bonds. The Bertz CT molecular complexity index is 300. The van der Waals surface area contributed by atoms with Crippen molar-refractivity contribution < 1.29 is 10.2 Å². The Kier molecular flexibility index (Phi) is 2.75. The summed E-state index contributed by atoms with van der Waals surface area (Å²) in [6, 6.07) is 4.22. The van der Waals surface area contributed by atoms with Gasteiger partial charge in [-0.15, -0.1) is 0 Å². The molecule has 4 nitrogen and oxygen atoms in total. The van der Waals surface area contributed by atoms with E-state index in [9.17, 15) is 10.2 Å². The fourth-order valence-corrected chi connectivity index (χ4v) is 1.05. The van der Waals surface area contributed by atoms with Crippen LogP contribution in [0, 0.1) is 0 Å². The number of aromatic hydroxyl groups is 1. The van der Waals surface area contributed by atoms with Crippen LogP contribution in [0.1, 0.15) is 18.5 Å². The number of phenols is 1. The van der Waals surface area contributed by atoms with E-state index in [-0.39, 0.29) is 5.75 Å². The molecule has 1 aromatic carbocycles. The van der Waals surface area contributed by atoms with Crippen LogP contribution >= 0.6 is 0 Å². The van der Waals surface area contributed by atoms with E-state index in [0.29, 0.717) is 11.3 Å². The Balaban J connectivity index is 2.97. The van der Waals surface area contributed by atoms with Crippen molar-refractivity contribution in [2.24, 2.45) is 5.73 Å². The van der Waals surface area contributed by atoms with Gasteiger partial charge in [0.25, 0.3) is 0 Å². The molecule has 0 radical (unpaired) electrons. The van der Waals surface area contributed by atoms with Crippen LogP contribution in [0.3, 0.4) is 0 Å². The highest BCUT2D eigenvalue weighted by Gasteiger charge is 2.12. The molecule has 0 spiro atoms. The van der Waals surface area contributed by atoms with E-state index in [0.717, 1.165) is 0 Å². The fourth-order valence-electron chi connectivity index (χ4n) is 1.05. The van der Waals surface area contributed by atoms with Gasteiger partial charge in [0.05, 0.1) is 17.8 Å². The molecule has 72 valence electrons. The summed E-state index contributed by atoms with van der Waals surface area (Å²) in [7, 11) is 0. The lowest BCUT2D eigenvalue weighted by Crippen LogP contribution is -2.23. The predicted molar refractivity (Wildman–Crippen MR) is 51.1 cm³/mol. The van der Waals surface area contributed by atoms with E-state index >= 15 is 0 Å². The lowest BCUT2D eigenvalue weighted by Gasteiger charge is -2.15. The number of rotatable bonds is 2. The van der Waals surface area contributed by atoms with Gasteiger partial charge in [-0.2, -0.15) is 0 Å². The summed E-state index contributed by atoms with van der Waals surface area (Å²) in [6.07, 6.45) is -0.650. The molecule has 0 bridgehead atoms. The lowest BCUT2D eigenvalue weighted by molar-refractivity contribution is 0.164. The van der Waals surface area contributed by atoms with Crippen LogP contribution in [-0.4, -0.2) is 16.3 Å². The topological polar surface area (TPSA) is 92.5 Å². The van der Waals surface area contributed by atoms with Gasteiger partial charge in [0.15, 0.2) is 0 Å². The zero-order valence-corrected chi connectivity index (χ0v) is 7.44. The Morgan fingerprint density at radius 1 is 1.38 bits per heavy atom. The number of anilines is 1. The molecule has 2 atom stereocenters. The molecule has 0 aliphatic rings. The normalized spacial score (nSPS) is 15.3. The molecule has 0 saturated heterocycles. The van der Waals surface area contributed by atoms with Gasteiger partial charge < -0.3 is 21.7 Å².